The smallest absolute Gasteiger partial charge is 0.305 e. The molecule has 4 nitrogen and oxygen atoms in total. The highest BCUT2D eigenvalue weighted by Gasteiger charge is 2.32. The third-order valence-corrected chi connectivity index (χ3v) is 3.41. The van der Waals surface area contributed by atoms with E-state index in [-0.39, 0.29) is 17.3 Å². The molecule has 0 saturated heterocycles. The van der Waals surface area contributed by atoms with Gasteiger partial charge in [0, 0.05) is 6.42 Å². The van der Waals surface area contributed by atoms with Crippen LogP contribution in [0.15, 0.2) is 18.2 Å². The van der Waals surface area contributed by atoms with E-state index in [1.807, 2.05) is 6.92 Å². The molecule has 1 N–H and O–H groups in total. The molecule has 0 radical (unpaired) electrons. The van der Waals surface area contributed by atoms with Gasteiger partial charge >= 0.3 is 5.97 Å². The number of hydrogen-bond donors (Lipinski definition) is 1. The molecule has 1 aliphatic heterocycles. The number of aryl methyl sites for hydroxylation is 1. The molecular formula is C14H18O4. The van der Waals surface area contributed by atoms with E-state index in [0.717, 1.165) is 24.2 Å². The highest BCUT2D eigenvalue weighted by molar-refractivity contribution is 5.69. The van der Waals surface area contributed by atoms with Gasteiger partial charge in [-0.2, -0.15) is 0 Å². The Morgan fingerprint density at radius 1 is 1.56 bits per heavy atom. The van der Waals surface area contributed by atoms with Crippen LogP contribution in [0.4, 0.5) is 0 Å². The molecule has 1 aliphatic rings. The maximum atomic E-state index is 11.2. The summed E-state index contributed by atoms with van der Waals surface area (Å²) in [6, 6.07) is 5.13. The zero-order valence-electron chi connectivity index (χ0n) is 10.7. The van der Waals surface area contributed by atoms with E-state index >= 15 is 0 Å². The second-order valence-electron chi connectivity index (χ2n) is 4.92. The number of esters is 1. The molecular weight excluding hydrogens is 232 g/mol. The molecule has 4 heteroatoms. The minimum Gasteiger partial charge on any atom is -0.508 e. The second kappa shape index (κ2) is 4.88. The summed E-state index contributed by atoms with van der Waals surface area (Å²) in [6.07, 6.45) is 2.68. The van der Waals surface area contributed by atoms with Gasteiger partial charge in [0.25, 0.3) is 0 Å². The molecule has 2 rings (SSSR count). The van der Waals surface area contributed by atoms with Crippen LogP contribution in [0.25, 0.3) is 0 Å². The lowest BCUT2D eigenvalue weighted by Crippen LogP contribution is -2.36. The lowest BCUT2D eigenvalue weighted by molar-refractivity contribution is -0.141. The molecule has 0 bridgehead atoms. The topological polar surface area (TPSA) is 55.8 Å². The fraction of sp³-hybridized carbons (Fsp3) is 0.500. The number of hydrogen-bond acceptors (Lipinski definition) is 4. The van der Waals surface area contributed by atoms with Crippen LogP contribution in [-0.2, 0) is 16.0 Å². The lowest BCUT2D eigenvalue weighted by atomic mass is 9.89. The van der Waals surface area contributed by atoms with Crippen LogP contribution in [0.3, 0.4) is 0 Å². The van der Waals surface area contributed by atoms with Crippen molar-refractivity contribution in [1.29, 1.82) is 0 Å². The molecule has 0 spiro atoms. The van der Waals surface area contributed by atoms with Gasteiger partial charge in [-0.05, 0) is 49.9 Å². The maximum absolute atomic E-state index is 11.2. The first-order valence-corrected chi connectivity index (χ1v) is 6.10. The van der Waals surface area contributed by atoms with Gasteiger partial charge in [0.1, 0.15) is 17.1 Å². The van der Waals surface area contributed by atoms with E-state index in [9.17, 15) is 9.90 Å². The predicted molar refractivity (Wildman–Crippen MR) is 66.7 cm³/mol. The summed E-state index contributed by atoms with van der Waals surface area (Å²) in [5.41, 5.74) is 0.684. The van der Waals surface area contributed by atoms with E-state index in [0.29, 0.717) is 12.8 Å². The summed E-state index contributed by atoms with van der Waals surface area (Å²) in [6.45, 7) is 2.01. The fourth-order valence-electron chi connectivity index (χ4n) is 2.22. The zero-order valence-corrected chi connectivity index (χ0v) is 10.7. The van der Waals surface area contributed by atoms with Gasteiger partial charge in [-0.25, -0.2) is 0 Å². The van der Waals surface area contributed by atoms with E-state index < -0.39 is 0 Å². The Morgan fingerprint density at radius 2 is 2.33 bits per heavy atom. The van der Waals surface area contributed by atoms with Gasteiger partial charge in [-0.1, -0.05) is 0 Å². The standard InChI is InChI=1S/C14H18O4/c1-14(8-6-13(16)17-2)7-5-10-9-11(15)3-4-12(10)18-14/h3-4,9,15H,5-8H2,1-2H3. The highest BCUT2D eigenvalue weighted by atomic mass is 16.5. The van der Waals surface area contributed by atoms with E-state index in [1.54, 1.807) is 18.2 Å². The number of methoxy groups -OCH3 is 1. The van der Waals surface area contributed by atoms with E-state index in [4.69, 9.17) is 4.74 Å². The van der Waals surface area contributed by atoms with Gasteiger partial charge in [0.15, 0.2) is 0 Å². The summed E-state index contributed by atoms with van der Waals surface area (Å²) >= 11 is 0. The molecule has 0 fully saturated rings. The average molecular weight is 250 g/mol. The maximum Gasteiger partial charge on any atom is 0.305 e. The van der Waals surface area contributed by atoms with Gasteiger partial charge in [0.2, 0.25) is 0 Å². The van der Waals surface area contributed by atoms with Crippen molar-refractivity contribution in [1.82, 2.24) is 0 Å². The number of ether oxygens (including phenoxy) is 2. The number of fused-ring (bicyclic) bond motifs is 1. The normalized spacial score (nSPS) is 21.9. The molecule has 1 unspecified atom stereocenters. The number of phenols is 1. The van der Waals surface area contributed by atoms with Gasteiger partial charge < -0.3 is 14.6 Å². The molecule has 1 aromatic rings. The predicted octanol–water partition coefficient (Wildman–Crippen LogP) is 2.43. The molecule has 98 valence electrons. The fourth-order valence-corrected chi connectivity index (χ4v) is 2.22. The third kappa shape index (κ3) is 2.75. The van der Waals surface area contributed by atoms with Crippen LogP contribution >= 0.6 is 0 Å². The van der Waals surface area contributed by atoms with Crippen molar-refractivity contribution < 1.29 is 19.4 Å². The van der Waals surface area contributed by atoms with Gasteiger partial charge in [-0.15, -0.1) is 0 Å². The SMILES string of the molecule is COC(=O)CCC1(C)CCc2cc(O)ccc2O1. The first-order chi connectivity index (χ1) is 8.52. The largest absolute Gasteiger partial charge is 0.508 e. The number of rotatable bonds is 3. The Morgan fingerprint density at radius 3 is 3.06 bits per heavy atom. The molecule has 1 atom stereocenters. The molecule has 0 saturated carbocycles. The zero-order chi connectivity index (χ0) is 13.2. The summed E-state index contributed by atoms with van der Waals surface area (Å²) < 4.78 is 10.6. The number of benzene rings is 1. The Kier molecular flexibility index (Phi) is 3.45. The third-order valence-electron chi connectivity index (χ3n) is 3.41. The van der Waals surface area contributed by atoms with Crippen molar-refractivity contribution in [2.45, 2.75) is 38.2 Å². The molecule has 0 aliphatic carbocycles. The monoisotopic (exact) mass is 250 g/mol. The minimum absolute atomic E-state index is 0.212. The van der Waals surface area contributed by atoms with Crippen molar-refractivity contribution >= 4 is 5.97 Å². The summed E-state index contributed by atoms with van der Waals surface area (Å²) in [5.74, 6) is 0.846. The van der Waals surface area contributed by atoms with Crippen LogP contribution in [0, 0.1) is 0 Å². The van der Waals surface area contributed by atoms with Crippen LogP contribution in [0.5, 0.6) is 11.5 Å². The number of aromatic hydroxyl groups is 1. The van der Waals surface area contributed by atoms with Crippen LogP contribution < -0.4 is 4.74 Å². The highest BCUT2D eigenvalue weighted by Crippen LogP contribution is 2.37. The van der Waals surface area contributed by atoms with Crippen molar-refractivity contribution in [3.05, 3.63) is 23.8 Å². The van der Waals surface area contributed by atoms with Gasteiger partial charge in [0.05, 0.1) is 7.11 Å². The van der Waals surface area contributed by atoms with Gasteiger partial charge in [-0.3, -0.25) is 4.79 Å². The summed E-state index contributed by atoms with van der Waals surface area (Å²) in [7, 11) is 1.39. The van der Waals surface area contributed by atoms with Crippen molar-refractivity contribution in [2.24, 2.45) is 0 Å². The Balaban J connectivity index is 2.06. The molecule has 0 aromatic heterocycles. The number of carbonyl (C=O) groups is 1. The second-order valence-corrected chi connectivity index (χ2v) is 4.92. The van der Waals surface area contributed by atoms with Crippen molar-refractivity contribution in [2.75, 3.05) is 7.11 Å². The van der Waals surface area contributed by atoms with E-state index in [2.05, 4.69) is 4.74 Å². The first-order valence-electron chi connectivity index (χ1n) is 6.10. The van der Waals surface area contributed by atoms with E-state index in [1.165, 1.54) is 7.11 Å². The van der Waals surface area contributed by atoms with Crippen molar-refractivity contribution in [3.63, 3.8) is 0 Å². The average Bonchev–Trinajstić information content (AvgIpc) is 2.36. The summed E-state index contributed by atoms with van der Waals surface area (Å²) in [5, 5.41) is 9.41. The first kappa shape index (κ1) is 12.7. The molecule has 1 heterocycles. The van der Waals surface area contributed by atoms with Crippen LogP contribution in [0.2, 0.25) is 0 Å². The Hall–Kier alpha value is -1.71. The Labute approximate surface area is 107 Å². The Bertz CT molecular complexity index is 455. The lowest BCUT2D eigenvalue weighted by Gasteiger charge is -2.35. The molecule has 1 aromatic carbocycles. The number of carbonyl (C=O) groups excluding carboxylic acids is 1. The van der Waals surface area contributed by atoms with Crippen molar-refractivity contribution in [3.8, 4) is 11.5 Å². The molecule has 18 heavy (non-hydrogen) atoms. The van der Waals surface area contributed by atoms with Crippen LogP contribution in [0.1, 0.15) is 31.7 Å². The molecule has 0 amide bonds. The minimum atomic E-state index is -0.335. The number of phenolic OH excluding ortho intramolecular Hbond substituents is 1. The quantitative estimate of drug-likeness (QED) is 0.837. The summed E-state index contributed by atoms with van der Waals surface area (Å²) in [4.78, 5) is 11.2. The van der Waals surface area contributed by atoms with Crippen LogP contribution in [-0.4, -0.2) is 23.8 Å².